The molecule has 0 aromatic carbocycles. The van der Waals surface area contributed by atoms with Gasteiger partial charge in [0.25, 0.3) is 5.91 Å². The molecule has 0 heterocycles. The number of nitrogens with zero attached hydrogens (tertiary/aromatic N) is 1. The predicted octanol–water partition coefficient (Wildman–Crippen LogP) is 1.36. The van der Waals surface area contributed by atoms with E-state index in [2.05, 4.69) is 38.4 Å². The molecule has 82 valence electrons. The highest BCUT2D eigenvalue weighted by molar-refractivity contribution is 7.78. The van der Waals surface area contributed by atoms with E-state index in [0.29, 0.717) is 0 Å². The fourth-order valence-electron chi connectivity index (χ4n) is 2.46. The summed E-state index contributed by atoms with van der Waals surface area (Å²) in [6.45, 7) is 6.29. The van der Waals surface area contributed by atoms with E-state index in [9.17, 15) is 4.79 Å². The number of nitrogens with one attached hydrogen (secondary N) is 1. The molecule has 0 atom stereocenters. The minimum absolute atomic E-state index is 0.0956. The summed E-state index contributed by atoms with van der Waals surface area (Å²) in [5.74, 6) is 0.0956. The molecule has 1 fully saturated rings. The maximum Gasteiger partial charge on any atom is 0.291 e. The Labute approximate surface area is 92.0 Å². The number of hydrogen-bond donors (Lipinski definition) is 2. The Bertz CT molecular complexity index is 222. The van der Waals surface area contributed by atoms with Crippen LogP contribution in [0.15, 0.2) is 0 Å². The summed E-state index contributed by atoms with van der Waals surface area (Å²) in [7, 11) is 2.17. The van der Waals surface area contributed by atoms with Crippen molar-refractivity contribution in [1.29, 1.82) is 0 Å². The average Bonchev–Trinajstić information content (AvgIpc) is 2.15. The molecule has 4 heteroatoms. The Balaban J connectivity index is 2.93. The van der Waals surface area contributed by atoms with Gasteiger partial charge < -0.3 is 4.48 Å². The van der Waals surface area contributed by atoms with Gasteiger partial charge in [-0.25, -0.2) is 0 Å². The lowest BCUT2D eigenvalue weighted by Crippen LogP contribution is -2.71. The Morgan fingerprint density at radius 2 is 1.93 bits per heavy atom. The third-order valence-corrected chi connectivity index (χ3v) is 4.34. The molecule has 1 N–H and O–H groups in total. The summed E-state index contributed by atoms with van der Waals surface area (Å²) >= 11 is 3.90. The van der Waals surface area contributed by atoms with Crippen LogP contribution in [0.2, 0.25) is 0 Å². The van der Waals surface area contributed by atoms with Crippen LogP contribution in [0.5, 0.6) is 0 Å². The summed E-state index contributed by atoms with van der Waals surface area (Å²) in [5.41, 5.74) is -0.203. The van der Waals surface area contributed by atoms with Crippen LogP contribution in [0, 0.1) is 0 Å². The van der Waals surface area contributed by atoms with Gasteiger partial charge in [0, 0.05) is 12.8 Å². The van der Waals surface area contributed by atoms with Crippen LogP contribution in [0.1, 0.15) is 33.1 Å². The van der Waals surface area contributed by atoms with Crippen LogP contribution in [0.25, 0.3) is 0 Å². The van der Waals surface area contributed by atoms with Gasteiger partial charge in [0.05, 0.1) is 20.1 Å². The molecular weight excluding hydrogens is 196 g/mol. The second-order valence-electron chi connectivity index (χ2n) is 4.35. The molecular formula is C10H21N2OS+. The zero-order valence-corrected chi connectivity index (χ0v) is 10.2. The van der Waals surface area contributed by atoms with E-state index >= 15 is 0 Å². The quantitative estimate of drug-likeness (QED) is 0.540. The minimum atomic E-state index is -0.203. The molecule has 0 aromatic rings. The van der Waals surface area contributed by atoms with E-state index in [-0.39, 0.29) is 11.4 Å². The zero-order valence-electron chi connectivity index (χ0n) is 9.34. The van der Waals surface area contributed by atoms with Gasteiger partial charge in [0.1, 0.15) is 0 Å². The Hall–Kier alpha value is -0.220. The molecule has 0 aliphatic heterocycles. The highest BCUT2D eigenvalue weighted by atomic mass is 32.1. The van der Waals surface area contributed by atoms with E-state index in [1.807, 2.05) is 0 Å². The second kappa shape index (κ2) is 4.11. The van der Waals surface area contributed by atoms with Crippen molar-refractivity contribution >= 4 is 18.7 Å². The summed E-state index contributed by atoms with van der Waals surface area (Å²) < 4.78 is 3.35. The number of thiol groups is 1. The lowest BCUT2D eigenvalue weighted by Gasteiger charge is -2.53. The van der Waals surface area contributed by atoms with Crippen LogP contribution in [0.3, 0.4) is 0 Å². The number of amides is 1. The first-order chi connectivity index (χ1) is 6.56. The smallest absolute Gasteiger partial charge is 0.291 e. The number of hydrogen-bond acceptors (Lipinski definition) is 2. The van der Waals surface area contributed by atoms with Crippen molar-refractivity contribution in [2.24, 2.45) is 0 Å². The first-order valence-electron chi connectivity index (χ1n) is 5.35. The summed E-state index contributed by atoms with van der Waals surface area (Å²) in [5, 5.41) is 0. The van der Waals surface area contributed by atoms with Crippen LogP contribution in [-0.2, 0) is 4.79 Å². The molecule has 1 aliphatic rings. The summed E-state index contributed by atoms with van der Waals surface area (Å²) in [4.78, 5) is 11.9. The van der Waals surface area contributed by atoms with Gasteiger partial charge in [-0.2, -0.15) is 0 Å². The fourth-order valence-corrected chi connectivity index (χ4v) is 2.66. The SMILES string of the molecule is CC[N+](C)(CC)C1(C(=O)NS)CCC1. The number of carbonyl (C=O) groups excluding carboxylic acids is 1. The lowest BCUT2D eigenvalue weighted by atomic mass is 9.73. The van der Waals surface area contributed by atoms with Crippen molar-refractivity contribution in [2.45, 2.75) is 38.6 Å². The zero-order chi connectivity index (χ0) is 10.8. The van der Waals surface area contributed by atoms with Crippen LogP contribution < -0.4 is 4.72 Å². The first-order valence-corrected chi connectivity index (χ1v) is 5.80. The van der Waals surface area contributed by atoms with E-state index in [4.69, 9.17) is 0 Å². The van der Waals surface area contributed by atoms with Gasteiger partial charge in [-0.1, -0.05) is 12.8 Å². The Morgan fingerprint density at radius 1 is 1.43 bits per heavy atom. The number of rotatable bonds is 4. The maximum atomic E-state index is 11.9. The number of likely N-dealkylation sites (N-methyl/N-ethyl adjacent to an activating group) is 1. The van der Waals surface area contributed by atoms with Crippen molar-refractivity contribution in [3.05, 3.63) is 0 Å². The third-order valence-electron chi connectivity index (χ3n) is 4.13. The average molecular weight is 217 g/mol. The van der Waals surface area contributed by atoms with Gasteiger partial charge in [-0.15, -0.1) is 0 Å². The third kappa shape index (κ3) is 1.44. The summed E-state index contributed by atoms with van der Waals surface area (Å²) in [6, 6.07) is 0. The normalized spacial score (nSPS) is 20.0. The van der Waals surface area contributed by atoms with Crippen LogP contribution >= 0.6 is 12.8 Å². The molecule has 1 rings (SSSR count). The molecule has 0 aromatic heterocycles. The predicted molar refractivity (Wildman–Crippen MR) is 61.0 cm³/mol. The first kappa shape index (κ1) is 11.9. The largest absolute Gasteiger partial charge is 0.314 e. The van der Waals surface area contributed by atoms with E-state index < -0.39 is 0 Å². The van der Waals surface area contributed by atoms with E-state index in [1.54, 1.807) is 0 Å². The van der Waals surface area contributed by atoms with Gasteiger partial charge in [0.15, 0.2) is 5.54 Å². The van der Waals surface area contributed by atoms with E-state index in [0.717, 1.165) is 36.8 Å². The minimum Gasteiger partial charge on any atom is -0.314 e. The van der Waals surface area contributed by atoms with Gasteiger partial charge >= 0.3 is 0 Å². The molecule has 0 spiro atoms. The highest BCUT2D eigenvalue weighted by Gasteiger charge is 2.56. The van der Waals surface area contributed by atoms with Crippen molar-refractivity contribution < 1.29 is 9.28 Å². The van der Waals surface area contributed by atoms with Crippen molar-refractivity contribution in [1.82, 2.24) is 4.72 Å². The molecule has 1 amide bonds. The van der Waals surface area contributed by atoms with Gasteiger partial charge in [-0.3, -0.25) is 9.52 Å². The molecule has 1 aliphatic carbocycles. The molecule has 0 bridgehead atoms. The van der Waals surface area contributed by atoms with E-state index in [1.165, 1.54) is 0 Å². The molecule has 0 saturated heterocycles. The van der Waals surface area contributed by atoms with Crippen LogP contribution in [0.4, 0.5) is 0 Å². The molecule has 1 saturated carbocycles. The number of carbonyl (C=O) groups is 1. The lowest BCUT2D eigenvalue weighted by molar-refractivity contribution is -0.952. The standard InChI is InChI=1S/C10H20N2OS/c1-4-12(3,5-2)10(7-6-8-10)9(13)11-14/h4-8H2,1-3H3,(H-,11,13,14)/p+1. The second-order valence-corrected chi connectivity index (χ2v) is 4.58. The highest BCUT2D eigenvalue weighted by Crippen LogP contribution is 2.42. The summed E-state index contributed by atoms with van der Waals surface area (Å²) in [6.07, 6.45) is 3.16. The maximum absolute atomic E-state index is 11.9. The van der Waals surface area contributed by atoms with Crippen LogP contribution in [-0.4, -0.2) is 36.1 Å². The molecule has 0 radical (unpaired) electrons. The van der Waals surface area contributed by atoms with Crippen molar-refractivity contribution in [3.63, 3.8) is 0 Å². The van der Waals surface area contributed by atoms with Crippen molar-refractivity contribution in [2.75, 3.05) is 20.1 Å². The van der Waals surface area contributed by atoms with Crippen molar-refractivity contribution in [3.8, 4) is 0 Å². The topological polar surface area (TPSA) is 29.1 Å². The van der Waals surface area contributed by atoms with Gasteiger partial charge in [-0.05, 0) is 20.3 Å². The fraction of sp³-hybridized carbons (Fsp3) is 0.900. The molecule has 14 heavy (non-hydrogen) atoms. The van der Waals surface area contributed by atoms with Gasteiger partial charge in [0.2, 0.25) is 0 Å². The number of quaternary nitrogens is 1. The monoisotopic (exact) mass is 217 g/mol. The Morgan fingerprint density at radius 3 is 2.14 bits per heavy atom. The molecule has 0 unspecified atom stereocenters. The molecule has 3 nitrogen and oxygen atoms in total. The Kier molecular flexibility index (Phi) is 3.48.